The standard InChI is InChI=1S/C20H23N3OS2/c1-20(2,3)19(24)22-18-16(12-9-10-23(4)11-15(12)26-18)17-21-13-7-5-6-8-14(13)25-17/h5-8H,9-11H2,1-4H3,(H,22,24)/p+1. The largest absolute Gasteiger partial charge is 0.333 e. The van der Waals surface area contributed by atoms with Gasteiger partial charge in [0.05, 0.1) is 28.7 Å². The van der Waals surface area contributed by atoms with E-state index in [1.54, 1.807) is 22.7 Å². The average Bonchev–Trinajstić information content (AvgIpc) is 3.13. The lowest BCUT2D eigenvalue weighted by Gasteiger charge is -2.19. The number of thiophene rings is 1. The molecule has 136 valence electrons. The van der Waals surface area contributed by atoms with Gasteiger partial charge in [-0.05, 0) is 17.7 Å². The molecular formula is C20H24N3OS2+. The molecule has 0 saturated heterocycles. The molecule has 3 aromatic rings. The van der Waals surface area contributed by atoms with Gasteiger partial charge in [-0.2, -0.15) is 0 Å². The lowest BCUT2D eigenvalue weighted by molar-refractivity contribution is -0.895. The van der Waals surface area contributed by atoms with Crippen molar-refractivity contribution in [3.63, 3.8) is 0 Å². The monoisotopic (exact) mass is 386 g/mol. The first-order valence-corrected chi connectivity index (χ1v) is 10.6. The van der Waals surface area contributed by atoms with Crippen molar-refractivity contribution in [3.05, 3.63) is 34.7 Å². The van der Waals surface area contributed by atoms with E-state index in [0.717, 1.165) is 40.6 Å². The van der Waals surface area contributed by atoms with Gasteiger partial charge >= 0.3 is 0 Å². The SMILES string of the molecule is C[NH+]1CCc2c(sc(NC(=O)C(C)(C)C)c2-c2nc3ccccc3s2)C1. The minimum Gasteiger partial charge on any atom is -0.333 e. The minimum absolute atomic E-state index is 0.0548. The van der Waals surface area contributed by atoms with Crippen LogP contribution < -0.4 is 10.2 Å². The number of carbonyl (C=O) groups excluding carboxylic acids is 1. The normalized spacial score (nSPS) is 17.3. The highest BCUT2D eigenvalue weighted by molar-refractivity contribution is 7.22. The number of hydrogen-bond donors (Lipinski definition) is 2. The fourth-order valence-electron chi connectivity index (χ4n) is 3.20. The van der Waals surface area contributed by atoms with Crippen molar-refractivity contribution in [1.29, 1.82) is 0 Å². The van der Waals surface area contributed by atoms with E-state index in [1.807, 2.05) is 32.9 Å². The van der Waals surface area contributed by atoms with E-state index >= 15 is 0 Å². The molecule has 26 heavy (non-hydrogen) atoms. The maximum Gasteiger partial charge on any atom is 0.230 e. The first kappa shape index (κ1) is 17.6. The van der Waals surface area contributed by atoms with Crippen LogP contribution in [0.5, 0.6) is 0 Å². The molecular weight excluding hydrogens is 362 g/mol. The lowest BCUT2D eigenvalue weighted by Crippen LogP contribution is -3.08. The molecule has 1 aliphatic heterocycles. The van der Waals surface area contributed by atoms with Crippen LogP contribution in [-0.2, 0) is 17.8 Å². The summed E-state index contributed by atoms with van der Waals surface area (Å²) in [6, 6.07) is 8.24. The predicted molar refractivity (Wildman–Crippen MR) is 110 cm³/mol. The second kappa shape index (κ2) is 6.44. The molecule has 1 amide bonds. The van der Waals surface area contributed by atoms with Crippen LogP contribution in [0.1, 0.15) is 31.2 Å². The van der Waals surface area contributed by atoms with Crippen molar-refractivity contribution in [1.82, 2.24) is 4.98 Å². The molecule has 4 nitrogen and oxygen atoms in total. The zero-order valence-corrected chi connectivity index (χ0v) is 17.2. The average molecular weight is 387 g/mol. The van der Waals surface area contributed by atoms with Gasteiger partial charge in [0.2, 0.25) is 5.91 Å². The molecule has 1 atom stereocenters. The first-order valence-electron chi connectivity index (χ1n) is 8.96. The summed E-state index contributed by atoms with van der Waals surface area (Å²) >= 11 is 3.44. The van der Waals surface area contributed by atoms with Gasteiger partial charge in [0, 0.05) is 17.4 Å². The fraction of sp³-hybridized carbons (Fsp3) is 0.400. The number of likely N-dealkylation sites (N-methyl/N-ethyl adjacent to an activating group) is 1. The number of para-hydroxylation sites is 1. The Bertz CT molecular complexity index is 948. The molecule has 0 radical (unpaired) electrons. The summed E-state index contributed by atoms with van der Waals surface area (Å²) < 4.78 is 1.19. The van der Waals surface area contributed by atoms with Crippen LogP contribution in [0.3, 0.4) is 0 Å². The number of nitrogens with one attached hydrogen (secondary N) is 2. The van der Waals surface area contributed by atoms with Crippen molar-refractivity contribution in [2.45, 2.75) is 33.7 Å². The van der Waals surface area contributed by atoms with E-state index in [4.69, 9.17) is 4.98 Å². The lowest BCUT2D eigenvalue weighted by atomic mass is 9.95. The Morgan fingerprint density at radius 3 is 2.73 bits per heavy atom. The van der Waals surface area contributed by atoms with Gasteiger partial charge < -0.3 is 10.2 Å². The summed E-state index contributed by atoms with van der Waals surface area (Å²) in [5, 5.41) is 5.18. The Balaban J connectivity index is 1.84. The summed E-state index contributed by atoms with van der Waals surface area (Å²) in [6.45, 7) is 7.99. The van der Waals surface area contributed by atoms with Crippen LogP contribution >= 0.6 is 22.7 Å². The summed E-state index contributed by atoms with van der Waals surface area (Å²) in [4.78, 5) is 20.4. The number of thiazole rings is 1. The Labute approximate surface area is 161 Å². The zero-order valence-electron chi connectivity index (χ0n) is 15.6. The number of benzene rings is 1. The molecule has 0 spiro atoms. The van der Waals surface area contributed by atoms with Crippen molar-refractivity contribution >= 4 is 43.8 Å². The van der Waals surface area contributed by atoms with Crippen LogP contribution in [-0.4, -0.2) is 24.5 Å². The molecule has 1 aromatic carbocycles. The number of fused-ring (bicyclic) bond motifs is 2. The highest BCUT2D eigenvalue weighted by atomic mass is 32.1. The Morgan fingerprint density at radius 1 is 1.23 bits per heavy atom. The fourth-order valence-corrected chi connectivity index (χ4v) is 5.67. The number of amides is 1. The summed E-state index contributed by atoms with van der Waals surface area (Å²) in [7, 11) is 2.23. The molecule has 2 N–H and O–H groups in total. The number of anilines is 1. The van der Waals surface area contributed by atoms with Gasteiger partial charge in [-0.25, -0.2) is 4.98 Å². The molecule has 1 aliphatic rings. The number of nitrogens with zero attached hydrogens (tertiary/aromatic N) is 1. The number of rotatable bonds is 2. The highest BCUT2D eigenvalue weighted by Crippen LogP contribution is 2.44. The van der Waals surface area contributed by atoms with Crippen molar-refractivity contribution in [3.8, 4) is 10.6 Å². The Hall–Kier alpha value is -1.76. The molecule has 6 heteroatoms. The van der Waals surface area contributed by atoms with Crippen LogP contribution in [0.4, 0.5) is 5.00 Å². The van der Waals surface area contributed by atoms with Crippen LogP contribution in [0, 0.1) is 5.41 Å². The predicted octanol–water partition coefficient (Wildman–Crippen LogP) is 3.58. The summed E-state index contributed by atoms with van der Waals surface area (Å²) in [6.07, 6.45) is 1.04. The molecule has 0 aliphatic carbocycles. The summed E-state index contributed by atoms with van der Waals surface area (Å²) in [5.74, 6) is 0.0548. The van der Waals surface area contributed by atoms with Crippen LogP contribution in [0.2, 0.25) is 0 Å². The molecule has 2 aromatic heterocycles. The Morgan fingerprint density at radius 2 is 2.00 bits per heavy atom. The third kappa shape index (κ3) is 3.17. The van der Waals surface area contributed by atoms with Crippen molar-refractivity contribution in [2.24, 2.45) is 5.41 Å². The third-order valence-electron chi connectivity index (χ3n) is 4.77. The molecule has 0 saturated carbocycles. The molecule has 4 rings (SSSR count). The minimum atomic E-state index is -0.419. The van der Waals surface area contributed by atoms with Gasteiger partial charge in [0.1, 0.15) is 16.6 Å². The van der Waals surface area contributed by atoms with Crippen LogP contribution in [0.15, 0.2) is 24.3 Å². The smallest absolute Gasteiger partial charge is 0.230 e. The first-order chi connectivity index (χ1) is 12.3. The van der Waals surface area contributed by atoms with Gasteiger partial charge in [0.15, 0.2) is 0 Å². The van der Waals surface area contributed by atoms with Crippen molar-refractivity contribution in [2.75, 3.05) is 18.9 Å². The molecule has 3 heterocycles. The number of carbonyl (C=O) groups is 1. The van der Waals surface area contributed by atoms with E-state index < -0.39 is 5.41 Å². The maximum absolute atomic E-state index is 12.6. The second-order valence-electron chi connectivity index (χ2n) is 8.03. The van der Waals surface area contributed by atoms with Gasteiger partial charge in [-0.15, -0.1) is 22.7 Å². The van der Waals surface area contributed by atoms with Crippen molar-refractivity contribution < 1.29 is 9.69 Å². The van der Waals surface area contributed by atoms with E-state index in [-0.39, 0.29) is 5.91 Å². The quantitative estimate of drug-likeness (QED) is 0.707. The van der Waals surface area contributed by atoms with E-state index in [0.29, 0.717) is 0 Å². The van der Waals surface area contributed by atoms with E-state index in [2.05, 4.69) is 24.5 Å². The van der Waals surface area contributed by atoms with Gasteiger partial charge in [-0.3, -0.25) is 4.79 Å². The van der Waals surface area contributed by atoms with Gasteiger partial charge in [0.25, 0.3) is 0 Å². The molecule has 0 bridgehead atoms. The van der Waals surface area contributed by atoms with Gasteiger partial charge in [-0.1, -0.05) is 32.9 Å². The number of aromatic nitrogens is 1. The number of hydrogen-bond acceptors (Lipinski definition) is 4. The summed E-state index contributed by atoms with van der Waals surface area (Å²) in [5.41, 5.74) is 3.14. The topological polar surface area (TPSA) is 46.4 Å². The Kier molecular flexibility index (Phi) is 4.37. The third-order valence-corrected chi connectivity index (χ3v) is 6.97. The highest BCUT2D eigenvalue weighted by Gasteiger charge is 2.30. The molecule has 1 unspecified atom stereocenters. The van der Waals surface area contributed by atoms with E-state index in [9.17, 15) is 4.79 Å². The molecule has 0 fully saturated rings. The zero-order chi connectivity index (χ0) is 18.5. The maximum atomic E-state index is 12.6. The van der Waals surface area contributed by atoms with E-state index in [1.165, 1.54) is 20.0 Å². The second-order valence-corrected chi connectivity index (χ2v) is 10.2. The number of quaternary nitrogens is 1. The van der Waals surface area contributed by atoms with Crippen LogP contribution in [0.25, 0.3) is 20.8 Å².